The predicted octanol–water partition coefficient (Wildman–Crippen LogP) is 2.62. The number of thioether (sulfide) groups is 1. The summed E-state index contributed by atoms with van der Waals surface area (Å²) in [5.41, 5.74) is 1.09. The third-order valence-corrected chi connectivity index (χ3v) is 3.23. The highest BCUT2D eigenvalue weighted by Crippen LogP contribution is 2.09. The molecule has 0 saturated heterocycles. The van der Waals surface area contributed by atoms with Gasteiger partial charge in [0.25, 0.3) is 0 Å². The van der Waals surface area contributed by atoms with Crippen molar-refractivity contribution in [3.8, 4) is 0 Å². The minimum absolute atomic E-state index is 0.849. The van der Waals surface area contributed by atoms with Gasteiger partial charge in [-0.2, -0.15) is 11.8 Å². The molecule has 3 nitrogen and oxygen atoms in total. The molecule has 1 aromatic rings. The number of aromatic nitrogens is 2. The Morgan fingerprint density at radius 2 is 2.19 bits per heavy atom. The normalized spacial score (nSPS) is 10.6. The predicted molar refractivity (Wildman–Crippen MR) is 70.5 cm³/mol. The minimum Gasteiger partial charge on any atom is -0.311 e. The van der Waals surface area contributed by atoms with Crippen LogP contribution >= 0.6 is 11.8 Å². The zero-order chi connectivity index (χ0) is 11.6. The second-order valence-corrected chi connectivity index (χ2v) is 4.80. The van der Waals surface area contributed by atoms with Crippen LogP contribution in [0.4, 0.5) is 0 Å². The molecule has 1 rings (SSSR count). The van der Waals surface area contributed by atoms with Gasteiger partial charge in [-0.05, 0) is 31.2 Å². The standard InChI is InChI=1S/C12H21N3S/c1-3-6-13-9-11-5-7-14-12(15-11)10-16-8-4-2/h5,7,13H,3-4,6,8-10H2,1-2H3. The van der Waals surface area contributed by atoms with Crippen LogP contribution in [0.2, 0.25) is 0 Å². The summed E-state index contributed by atoms with van der Waals surface area (Å²) in [7, 11) is 0. The topological polar surface area (TPSA) is 37.8 Å². The molecule has 1 heterocycles. The van der Waals surface area contributed by atoms with Gasteiger partial charge in [0.2, 0.25) is 0 Å². The van der Waals surface area contributed by atoms with E-state index in [2.05, 4.69) is 29.1 Å². The van der Waals surface area contributed by atoms with E-state index in [-0.39, 0.29) is 0 Å². The Labute approximate surface area is 102 Å². The van der Waals surface area contributed by atoms with Gasteiger partial charge in [0.1, 0.15) is 5.82 Å². The maximum Gasteiger partial charge on any atom is 0.138 e. The lowest BCUT2D eigenvalue weighted by atomic mass is 10.4. The van der Waals surface area contributed by atoms with Crippen LogP contribution in [-0.2, 0) is 12.3 Å². The number of hydrogen-bond donors (Lipinski definition) is 1. The highest BCUT2D eigenvalue weighted by atomic mass is 32.2. The van der Waals surface area contributed by atoms with Crippen molar-refractivity contribution in [2.75, 3.05) is 12.3 Å². The van der Waals surface area contributed by atoms with E-state index in [1.54, 1.807) is 0 Å². The number of nitrogens with one attached hydrogen (secondary N) is 1. The van der Waals surface area contributed by atoms with Crippen LogP contribution < -0.4 is 5.32 Å². The molecule has 0 spiro atoms. The van der Waals surface area contributed by atoms with E-state index in [1.807, 2.05) is 24.0 Å². The molecule has 16 heavy (non-hydrogen) atoms. The van der Waals surface area contributed by atoms with Gasteiger partial charge in [0.05, 0.1) is 11.4 Å². The van der Waals surface area contributed by atoms with Gasteiger partial charge in [-0.1, -0.05) is 13.8 Å². The molecule has 0 unspecified atom stereocenters. The Hall–Kier alpha value is -0.610. The molecule has 90 valence electrons. The summed E-state index contributed by atoms with van der Waals surface area (Å²) in [6, 6.07) is 1.98. The van der Waals surface area contributed by atoms with E-state index in [0.717, 1.165) is 36.8 Å². The SMILES string of the molecule is CCCNCc1ccnc(CSCCC)n1. The van der Waals surface area contributed by atoms with Crippen molar-refractivity contribution in [2.45, 2.75) is 39.0 Å². The average molecular weight is 239 g/mol. The highest BCUT2D eigenvalue weighted by Gasteiger charge is 1.99. The molecule has 4 heteroatoms. The number of hydrogen-bond acceptors (Lipinski definition) is 4. The van der Waals surface area contributed by atoms with Crippen molar-refractivity contribution in [2.24, 2.45) is 0 Å². The van der Waals surface area contributed by atoms with Crippen molar-refractivity contribution in [1.82, 2.24) is 15.3 Å². The van der Waals surface area contributed by atoms with E-state index >= 15 is 0 Å². The Morgan fingerprint density at radius 1 is 1.31 bits per heavy atom. The molecule has 0 bridgehead atoms. The molecule has 0 amide bonds. The lowest BCUT2D eigenvalue weighted by Gasteiger charge is -2.04. The maximum atomic E-state index is 4.52. The van der Waals surface area contributed by atoms with Crippen LogP contribution in [0.3, 0.4) is 0 Å². The first kappa shape index (κ1) is 13.5. The molecule has 0 saturated carbocycles. The smallest absolute Gasteiger partial charge is 0.138 e. The fourth-order valence-electron chi connectivity index (χ4n) is 1.31. The summed E-state index contributed by atoms with van der Waals surface area (Å²) in [4.78, 5) is 8.80. The van der Waals surface area contributed by atoms with Crippen LogP contribution in [0, 0.1) is 0 Å². The van der Waals surface area contributed by atoms with Crippen LogP contribution in [-0.4, -0.2) is 22.3 Å². The Balaban J connectivity index is 2.37. The summed E-state index contributed by atoms with van der Waals surface area (Å²) in [6.07, 6.45) is 4.23. The van der Waals surface area contributed by atoms with Gasteiger partial charge in [0, 0.05) is 12.7 Å². The Morgan fingerprint density at radius 3 is 2.94 bits per heavy atom. The third kappa shape index (κ3) is 5.47. The van der Waals surface area contributed by atoms with Crippen molar-refractivity contribution < 1.29 is 0 Å². The molecule has 0 aliphatic rings. The molecule has 0 aliphatic heterocycles. The molecule has 1 aromatic heterocycles. The zero-order valence-electron chi connectivity index (χ0n) is 10.2. The van der Waals surface area contributed by atoms with E-state index in [9.17, 15) is 0 Å². The van der Waals surface area contributed by atoms with Gasteiger partial charge < -0.3 is 5.32 Å². The van der Waals surface area contributed by atoms with Gasteiger partial charge in [-0.25, -0.2) is 9.97 Å². The quantitative estimate of drug-likeness (QED) is 0.708. The van der Waals surface area contributed by atoms with E-state index in [1.165, 1.54) is 12.2 Å². The van der Waals surface area contributed by atoms with E-state index < -0.39 is 0 Å². The Bertz CT molecular complexity index is 266. The molecule has 0 aliphatic carbocycles. The fourth-order valence-corrected chi connectivity index (χ4v) is 2.06. The first-order chi connectivity index (χ1) is 7.86. The van der Waals surface area contributed by atoms with Crippen molar-refractivity contribution in [3.63, 3.8) is 0 Å². The first-order valence-electron chi connectivity index (χ1n) is 5.96. The van der Waals surface area contributed by atoms with E-state index in [4.69, 9.17) is 0 Å². The maximum absolute atomic E-state index is 4.52. The van der Waals surface area contributed by atoms with Crippen LogP contribution in [0.5, 0.6) is 0 Å². The molecule has 0 aromatic carbocycles. The van der Waals surface area contributed by atoms with Crippen molar-refractivity contribution in [1.29, 1.82) is 0 Å². The summed E-state index contributed by atoms with van der Waals surface area (Å²) < 4.78 is 0. The fraction of sp³-hybridized carbons (Fsp3) is 0.667. The summed E-state index contributed by atoms with van der Waals surface area (Å²) in [5, 5.41) is 3.35. The van der Waals surface area contributed by atoms with E-state index in [0.29, 0.717) is 0 Å². The highest BCUT2D eigenvalue weighted by molar-refractivity contribution is 7.98. The summed E-state index contributed by atoms with van der Waals surface area (Å²) in [6.45, 7) is 6.25. The monoisotopic (exact) mass is 239 g/mol. The molecular formula is C12H21N3S. The van der Waals surface area contributed by atoms with Gasteiger partial charge in [-0.15, -0.1) is 0 Å². The van der Waals surface area contributed by atoms with Crippen LogP contribution in [0.25, 0.3) is 0 Å². The minimum atomic E-state index is 0.849. The molecule has 0 atom stereocenters. The molecular weight excluding hydrogens is 218 g/mol. The molecule has 1 N–H and O–H groups in total. The number of rotatable bonds is 8. The van der Waals surface area contributed by atoms with Gasteiger partial charge in [0.15, 0.2) is 0 Å². The summed E-state index contributed by atoms with van der Waals surface area (Å²) in [5.74, 6) is 3.06. The summed E-state index contributed by atoms with van der Waals surface area (Å²) >= 11 is 1.90. The molecule has 0 fully saturated rings. The van der Waals surface area contributed by atoms with Gasteiger partial charge in [-0.3, -0.25) is 0 Å². The second kappa shape index (κ2) is 8.53. The first-order valence-corrected chi connectivity index (χ1v) is 7.11. The lowest BCUT2D eigenvalue weighted by Crippen LogP contribution is -2.15. The second-order valence-electron chi connectivity index (χ2n) is 3.69. The third-order valence-electron chi connectivity index (χ3n) is 2.08. The lowest BCUT2D eigenvalue weighted by molar-refractivity contribution is 0.660. The average Bonchev–Trinajstić information content (AvgIpc) is 2.30. The van der Waals surface area contributed by atoms with Crippen molar-refractivity contribution in [3.05, 3.63) is 23.8 Å². The van der Waals surface area contributed by atoms with Crippen LogP contribution in [0.1, 0.15) is 38.2 Å². The largest absolute Gasteiger partial charge is 0.311 e. The Kier molecular flexibility index (Phi) is 7.17. The molecule has 0 radical (unpaired) electrons. The van der Waals surface area contributed by atoms with Crippen LogP contribution in [0.15, 0.2) is 12.3 Å². The van der Waals surface area contributed by atoms with Gasteiger partial charge >= 0.3 is 0 Å². The van der Waals surface area contributed by atoms with Crippen molar-refractivity contribution >= 4 is 11.8 Å². The number of nitrogens with zero attached hydrogens (tertiary/aromatic N) is 2. The zero-order valence-corrected chi connectivity index (χ0v) is 11.0.